The first kappa shape index (κ1) is 25.0. The van der Waals surface area contributed by atoms with Gasteiger partial charge in [-0.05, 0) is 53.9 Å². The minimum absolute atomic E-state index is 0.0507. The van der Waals surface area contributed by atoms with Gasteiger partial charge in [0.25, 0.3) is 11.8 Å². The number of halogens is 3. The lowest BCUT2D eigenvalue weighted by Gasteiger charge is -2.48. The summed E-state index contributed by atoms with van der Waals surface area (Å²) in [5.41, 5.74) is 2.41. The Morgan fingerprint density at radius 3 is 2.08 bits per heavy atom. The van der Waals surface area contributed by atoms with Gasteiger partial charge in [-0.15, -0.1) is 0 Å². The molecule has 2 aliphatic rings. The highest BCUT2D eigenvalue weighted by molar-refractivity contribution is 5.97. The molecule has 0 N–H and O–H groups in total. The molecule has 0 aliphatic carbocycles. The zero-order chi connectivity index (χ0) is 26.2. The molecule has 2 heterocycles. The molecule has 0 saturated carbocycles. The summed E-state index contributed by atoms with van der Waals surface area (Å²) in [7, 11) is 0. The highest BCUT2D eigenvalue weighted by Crippen LogP contribution is 2.33. The lowest BCUT2D eigenvalue weighted by molar-refractivity contribution is -0.137. The standard InChI is InChI=1S/C29H28F3N3O2/c1-20-16-23(22-8-5-9-24(17-22)29(30,31)32)10-11-26(20)28(37)35-18-25(19-35)33-12-14-34(15-13-33)27(36)21-6-3-2-4-7-21/h2-11,16-17,25H,12-15,18-19H2,1H3. The van der Waals surface area contributed by atoms with Crippen LogP contribution >= 0.6 is 0 Å². The third kappa shape index (κ3) is 5.25. The number of carbonyl (C=O) groups is 2. The van der Waals surface area contributed by atoms with Crippen molar-refractivity contribution >= 4 is 11.8 Å². The Morgan fingerprint density at radius 1 is 0.757 bits per heavy atom. The topological polar surface area (TPSA) is 43.9 Å². The molecule has 0 bridgehead atoms. The van der Waals surface area contributed by atoms with E-state index < -0.39 is 11.7 Å². The van der Waals surface area contributed by atoms with Gasteiger partial charge in [-0.3, -0.25) is 14.5 Å². The molecule has 0 spiro atoms. The van der Waals surface area contributed by atoms with Crippen LogP contribution in [0.1, 0.15) is 31.8 Å². The highest BCUT2D eigenvalue weighted by atomic mass is 19.4. The van der Waals surface area contributed by atoms with Gasteiger partial charge in [0, 0.05) is 56.4 Å². The quantitative estimate of drug-likeness (QED) is 0.501. The van der Waals surface area contributed by atoms with E-state index in [0.29, 0.717) is 48.4 Å². The third-order valence-electron chi connectivity index (χ3n) is 7.27. The molecular formula is C29H28F3N3O2. The fourth-order valence-electron chi connectivity index (χ4n) is 5.03. The van der Waals surface area contributed by atoms with Gasteiger partial charge in [-0.25, -0.2) is 0 Å². The molecule has 2 saturated heterocycles. The Kier molecular flexibility index (Phi) is 6.77. The van der Waals surface area contributed by atoms with Crippen molar-refractivity contribution in [3.63, 3.8) is 0 Å². The van der Waals surface area contributed by atoms with Crippen molar-refractivity contribution < 1.29 is 22.8 Å². The van der Waals surface area contributed by atoms with Gasteiger partial charge in [0.2, 0.25) is 0 Å². The second-order valence-electron chi connectivity index (χ2n) is 9.67. The molecule has 3 aromatic carbocycles. The molecule has 37 heavy (non-hydrogen) atoms. The number of alkyl halides is 3. The van der Waals surface area contributed by atoms with E-state index in [2.05, 4.69) is 4.90 Å². The van der Waals surface area contributed by atoms with E-state index in [0.717, 1.165) is 30.8 Å². The minimum atomic E-state index is -4.40. The molecule has 0 radical (unpaired) electrons. The van der Waals surface area contributed by atoms with Crippen LogP contribution in [0, 0.1) is 6.92 Å². The van der Waals surface area contributed by atoms with E-state index >= 15 is 0 Å². The van der Waals surface area contributed by atoms with Crippen molar-refractivity contribution in [1.82, 2.24) is 14.7 Å². The molecule has 2 amide bonds. The van der Waals surface area contributed by atoms with E-state index in [9.17, 15) is 22.8 Å². The molecule has 5 rings (SSSR count). The summed E-state index contributed by atoms with van der Waals surface area (Å²) in [6.07, 6.45) is -4.40. The molecule has 0 unspecified atom stereocenters. The van der Waals surface area contributed by atoms with Crippen molar-refractivity contribution in [3.05, 3.63) is 95.1 Å². The van der Waals surface area contributed by atoms with Crippen LogP contribution in [-0.2, 0) is 6.18 Å². The number of hydrogen-bond donors (Lipinski definition) is 0. The monoisotopic (exact) mass is 507 g/mol. The number of amides is 2. The van der Waals surface area contributed by atoms with Gasteiger partial charge >= 0.3 is 6.18 Å². The van der Waals surface area contributed by atoms with E-state index in [1.807, 2.05) is 42.2 Å². The van der Waals surface area contributed by atoms with E-state index in [4.69, 9.17) is 0 Å². The zero-order valence-electron chi connectivity index (χ0n) is 20.5. The lowest BCUT2D eigenvalue weighted by atomic mass is 9.96. The average molecular weight is 508 g/mol. The number of likely N-dealkylation sites (tertiary alicyclic amines) is 1. The second kappa shape index (κ2) is 10.0. The fraction of sp³-hybridized carbons (Fsp3) is 0.310. The second-order valence-corrected chi connectivity index (χ2v) is 9.67. The number of aryl methyl sites for hydroxylation is 1. The molecule has 2 fully saturated rings. The summed E-state index contributed by atoms with van der Waals surface area (Å²) >= 11 is 0. The minimum Gasteiger partial charge on any atom is -0.336 e. The smallest absolute Gasteiger partial charge is 0.336 e. The summed E-state index contributed by atoms with van der Waals surface area (Å²) in [6, 6.07) is 19.9. The Bertz CT molecular complexity index is 1300. The van der Waals surface area contributed by atoms with E-state index in [1.54, 1.807) is 29.2 Å². The Balaban J connectivity index is 1.16. The molecule has 5 nitrogen and oxygen atoms in total. The van der Waals surface area contributed by atoms with Crippen molar-refractivity contribution in [2.75, 3.05) is 39.3 Å². The van der Waals surface area contributed by atoms with Gasteiger partial charge in [-0.2, -0.15) is 13.2 Å². The first-order chi connectivity index (χ1) is 17.7. The van der Waals surface area contributed by atoms with E-state index in [-0.39, 0.29) is 17.9 Å². The predicted octanol–water partition coefficient (Wildman–Crippen LogP) is 4.96. The molecular weight excluding hydrogens is 479 g/mol. The number of benzene rings is 3. The number of hydrogen-bond acceptors (Lipinski definition) is 3. The zero-order valence-corrected chi connectivity index (χ0v) is 20.5. The number of nitrogens with zero attached hydrogens (tertiary/aromatic N) is 3. The normalized spacial score (nSPS) is 17.0. The molecule has 8 heteroatoms. The van der Waals surface area contributed by atoms with Crippen LogP contribution in [0.4, 0.5) is 13.2 Å². The largest absolute Gasteiger partial charge is 0.416 e. The van der Waals surface area contributed by atoms with Crippen molar-refractivity contribution in [1.29, 1.82) is 0 Å². The van der Waals surface area contributed by atoms with Crippen molar-refractivity contribution in [2.24, 2.45) is 0 Å². The molecule has 192 valence electrons. The van der Waals surface area contributed by atoms with Gasteiger partial charge in [0.05, 0.1) is 5.56 Å². The highest BCUT2D eigenvalue weighted by Gasteiger charge is 2.37. The maximum atomic E-state index is 13.1. The molecule has 0 atom stereocenters. The Labute approximate surface area is 214 Å². The van der Waals surface area contributed by atoms with Crippen LogP contribution in [0.5, 0.6) is 0 Å². The maximum Gasteiger partial charge on any atom is 0.416 e. The average Bonchev–Trinajstić information content (AvgIpc) is 2.88. The van der Waals surface area contributed by atoms with Crippen LogP contribution in [-0.4, -0.2) is 71.8 Å². The molecule has 2 aliphatic heterocycles. The van der Waals surface area contributed by atoms with Crippen LogP contribution in [0.2, 0.25) is 0 Å². The first-order valence-electron chi connectivity index (χ1n) is 12.4. The van der Waals surface area contributed by atoms with Gasteiger partial charge in [0.1, 0.15) is 0 Å². The van der Waals surface area contributed by atoms with Crippen LogP contribution in [0.15, 0.2) is 72.8 Å². The van der Waals surface area contributed by atoms with Gasteiger partial charge < -0.3 is 9.80 Å². The van der Waals surface area contributed by atoms with Crippen molar-refractivity contribution in [3.8, 4) is 11.1 Å². The Hall–Kier alpha value is -3.65. The Morgan fingerprint density at radius 2 is 1.43 bits per heavy atom. The van der Waals surface area contributed by atoms with Gasteiger partial charge in [-0.1, -0.05) is 42.5 Å². The summed E-state index contributed by atoms with van der Waals surface area (Å²) in [6.45, 7) is 5.93. The van der Waals surface area contributed by atoms with Crippen molar-refractivity contribution in [2.45, 2.75) is 19.1 Å². The lowest BCUT2D eigenvalue weighted by Crippen LogP contribution is -2.64. The maximum absolute atomic E-state index is 13.1. The van der Waals surface area contributed by atoms with Crippen LogP contribution in [0.3, 0.4) is 0 Å². The summed E-state index contributed by atoms with van der Waals surface area (Å²) < 4.78 is 39.3. The molecule has 3 aromatic rings. The fourth-order valence-corrected chi connectivity index (χ4v) is 5.03. The summed E-state index contributed by atoms with van der Waals surface area (Å²) in [5, 5.41) is 0. The molecule has 0 aromatic heterocycles. The SMILES string of the molecule is Cc1cc(-c2cccc(C(F)(F)F)c2)ccc1C(=O)N1CC(N2CCN(C(=O)c3ccccc3)CC2)C1. The van der Waals surface area contributed by atoms with Crippen LogP contribution < -0.4 is 0 Å². The van der Waals surface area contributed by atoms with E-state index in [1.165, 1.54) is 6.07 Å². The van der Waals surface area contributed by atoms with Gasteiger partial charge in [0.15, 0.2) is 0 Å². The third-order valence-corrected chi connectivity index (χ3v) is 7.27. The predicted molar refractivity (Wildman–Crippen MR) is 135 cm³/mol. The summed E-state index contributed by atoms with van der Waals surface area (Å²) in [4.78, 5) is 31.8. The summed E-state index contributed by atoms with van der Waals surface area (Å²) in [5.74, 6) is -0.0167. The number of carbonyl (C=O) groups excluding carboxylic acids is 2. The first-order valence-corrected chi connectivity index (χ1v) is 12.4. The number of rotatable bonds is 4. The van der Waals surface area contributed by atoms with Crippen LogP contribution in [0.25, 0.3) is 11.1 Å². The number of piperazine rings is 1.